The Bertz CT molecular complexity index is 350. The van der Waals surface area contributed by atoms with Gasteiger partial charge in [0.1, 0.15) is 0 Å². The minimum absolute atomic E-state index is 0.650. The van der Waals surface area contributed by atoms with Crippen LogP contribution >= 0.6 is 15.9 Å². The Morgan fingerprint density at radius 1 is 1.35 bits per heavy atom. The van der Waals surface area contributed by atoms with Crippen LogP contribution in [-0.4, -0.2) is 28.1 Å². The van der Waals surface area contributed by atoms with Crippen molar-refractivity contribution in [3.8, 4) is 0 Å². The summed E-state index contributed by atoms with van der Waals surface area (Å²) in [5.74, 6) is 1.04. The average molecular weight is 298 g/mol. The first-order chi connectivity index (χ1) is 8.31. The zero-order valence-corrected chi connectivity index (χ0v) is 12.0. The van der Waals surface area contributed by atoms with E-state index < -0.39 is 0 Å². The van der Waals surface area contributed by atoms with E-state index in [1.807, 2.05) is 6.20 Å². The standard InChI is InChI=1S/C13H20BrN3/c1-11-9-13(16-15-10-11)17(8-7-14)12-5-3-2-4-6-12/h9-10,12H,2-8H2,1H3. The van der Waals surface area contributed by atoms with Gasteiger partial charge in [-0.15, -0.1) is 5.10 Å². The molecule has 2 rings (SSSR count). The van der Waals surface area contributed by atoms with E-state index in [9.17, 15) is 0 Å². The normalized spacial score (nSPS) is 17.1. The Balaban J connectivity index is 2.15. The van der Waals surface area contributed by atoms with E-state index >= 15 is 0 Å². The highest BCUT2D eigenvalue weighted by molar-refractivity contribution is 9.09. The van der Waals surface area contributed by atoms with Gasteiger partial charge in [0, 0.05) is 17.9 Å². The number of aryl methyl sites for hydroxylation is 1. The largest absolute Gasteiger partial charge is 0.351 e. The van der Waals surface area contributed by atoms with Gasteiger partial charge >= 0.3 is 0 Å². The lowest BCUT2D eigenvalue weighted by atomic mass is 9.94. The van der Waals surface area contributed by atoms with Crippen molar-refractivity contribution < 1.29 is 0 Å². The van der Waals surface area contributed by atoms with Crippen LogP contribution < -0.4 is 4.90 Å². The molecule has 94 valence electrons. The molecular weight excluding hydrogens is 278 g/mol. The molecule has 0 spiro atoms. The maximum absolute atomic E-state index is 4.29. The SMILES string of the molecule is Cc1cnnc(N(CCBr)C2CCCCC2)c1. The molecule has 0 aliphatic heterocycles. The van der Waals surface area contributed by atoms with Gasteiger partial charge in [0.2, 0.25) is 0 Å². The second-order valence-electron chi connectivity index (χ2n) is 4.77. The molecule has 0 amide bonds. The lowest BCUT2D eigenvalue weighted by Gasteiger charge is -2.34. The van der Waals surface area contributed by atoms with E-state index in [1.165, 1.54) is 37.7 Å². The first-order valence-corrected chi connectivity index (χ1v) is 7.55. The average Bonchev–Trinajstić information content (AvgIpc) is 2.37. The van der Waals surface area contributed by atoms with Crippen molar-refractivity contribution in [3.63, 3.8) is 0 Å². The number of nitrogens with zero attached hydrogens (tertiary/aromatic N) is 3. The number of anilines is 1. The van der Waals surface area contributed by atoms with Crippen LogP contribution in [0.4, 0.5) is 5.82 Å². The van der Waals surface area contributed by atoms with Crippen molar-refractivity contribution in [1.82, 2.24) is 10.2 Å². The van der Waals surface area contributed by atoms with Gasteiger partial charge in [-0.25, -0.2) is 0 Å². The second-order valence-corrected chi connectivity index (χ2v) is 5.56. The fourth-order valence-corrected chi connectivity index (χ4v) is 2.94. The van der Waals surface area contributed by atoms with Gasteiger partial charge in [-0.3, -0.25) is 0 Å². The predicted octanol–water partition coefficient (Wildman–Crippen LogP) is 3.32. The minimum atomic E-state index is 0.650. The highest BCUT2D eigenvalue weighted by Gasteiger charge is 2.22. The summed E-state index contributed by atoms with van der Waals surface area (Å²) in [5, 5.41) is 9.35. The maximum atomic E-state index is 4.29. The smallest absolute Gasteiger partial charge is 0.151 e. The summed E-state index contributed by atoms with van der Waals surface area (Å²) in [4.78, 5) is 2.42. The number of halogens is 1. The molecule has 0 unspecified atom stereocenters. The Morgan fingerprint density at radius 3 is 2.76 bits per heavy atom. The van der Waals surface area contributed by atoms with E-state index in [2.05, 4.69) is 44.0 Å². The van der Waals surface area contributed by atoms with E-state index in [1.54, 1.807) is 0 Å². The molecule has 1 aromatic rings. The third kappa shape index (κ3) is 3.41. The van der Waals surface area contributed by atoms with E-state index in [0.717, 1.165) is 17.7 Å². The number of alkyl halides is 1. The first-order valence-electron chi connectivity index (χ1n) is 6.43. The molecule has 1 aliphatic rings. The molecule has 0 aromatic carbocycles. The minimum Gasteiger partial charge on any atom is -0.351 e. The van der Waals surface area contributed by atoms with Crippen LogP contribution in [0.5, 0.6) is 0 Å². The molecule has 1 heterocycles. The van der Waals surface area contributed by atoms with Crippen molar-refractivity contribution in [3.05, 3.63) is 17.8 Å². The van der Waals surface area contributed by atoms with Gasteiger partial charge in [-0.1, -0.05) is 35.2 Å². The third-order valence-corrected chi connectivity index (χ3v) is 3.77. The number of hydrogen-bond acceptors (Lipinski definition) is 3. The second kappa shape index (κ2) is 6.34. The summed E-state index contributed by atoms with van der Waals surface area (Å²) in [5.41, 5.74) is 1.19. The zero-order chi connectivity index (χ0) is 12.1. The first kappa shape index (κ1) is 12.8. The number of aromatic nitrogens is 2. The van der Waals surface area contributed by atoms with Gasteiger partial charge in [-0.2, -0.15) is 5.10 Å². The summed E-state index contributed by atoms with van der Waals surface area (Å²) in [6.07, 6.45) is 8.49. The molecule has 0 saturated heterocycles. The zero-order valence-electron chi connectivity index (χ0n) is 10.4. The summed E-state index contributed by atoms with van der Waals surface area (Å²) < 4.78 is 0. The van der Waals surface area contributed by atoms with Crippen LogP contribution in [0.15, 0.2) is 12.3 Å². The van der Waals surface area contributed by atoms with Gasteiger partial charge in [0.25, 0.3) is 0 Å². The number of rotatable bonds is 4. The Kier molecular flexibility index (Phi) is 4.77. The molecule has 1 saturated carbocycles. The lowest BCUT2D eigenvalue weighted by molar-refractivity contribution is 0.416. The molecule has 0 bridgehead atoms. The van der Waals surface area contributed by atoms with Crippen molar-refractivity contribution >= 4 is 21.7 Å². The lowest BCUT2D eigenvalue weighted by Crippen LogP contribution is -2.38. The van der Waals surface area contributed by atoms with Crippen LogP contribution in [0.3, 0.4) is 0 Å². The van der Waals surface area contributed by atoms with Crippen LogP contribution in [0.1, 0.15) is 37.7 Å². The summed E-state index contributed by atoms with van der Waals surface area (Å²) in [6, 6.07) is 2.79. The highest BCUT2D eigenvalue weighted by atomic mass is 79.9. The summed E-state index contributed by atoms with van der Waals surface area (Å²) >= 11 is 3.54. The maximum Gasteiger partial charge on any atom is 0.151 e. The fourth-order valence-electron chi connectivity index (χ4n) is 2.56. The Labute approximate surface area is 112 Å². The topological polar surface area (TPSA) is 29.0 Å². The summed E-state index contributed by atoms with van der Waals surface area (Å²) in [6.45, 7) is 3.09. The van der Waals surface area contributed by atoms with Crippen molar-refractivity contribution in [2.45, 2.75) is 45.1 Å². The molecule has 3 nitrogen and oxygen atoms in total. The molecule has 4 heteroatoms. The van der Waals surface area contributed by atoms with E-state index in [-0.39, 0.29) is 0 Å². The molecular formula is C13H20BrN3. The van der Waals surface area contributed by atoms with Crippen LogP contribution in [0, 0.1) is 6.92 Å². The van der Waals surface area contributed by atoms with Gasteiger partial charge < -0.3 is 4.90 Å². The molecule has 0 atom stereocenters. The predicted molar refractivity (Wildman–Crippen MR) is 74.8 cm³/mol. The molecule has 17 heavy (non-hydrogen) atoms. The quantitative estimate of drug-likeness (QED) is 0.799. The molecule has 1 aromatic heterocycles. The van der Waals surface area contributed by atoms with E-state index in [0.29, 0.717) is 6.04 Å². The highest BCUT2D eigenvalue weighted by Crippen LogP contribution is 2.26. The molecule has 1 aliphatic carbocycles. The monoisotopic (exact) mass is 297 g/mol. The molecule has 0 radical (unpaired) electrons. The molecule has 1 fully saturated rings. The van der Waals surface area contributed by atoms with Gasteiger partial charge in [0.15, 0.2) is 5.82 Å². The van der Waals surface area contributed by atoms with Crippen molar-refractivity contribution in [2.75, 3.05) is 16.8 Å². The Hall–Kier alpha value is -0.640. The third-order valence-electron chi connectivity index (χ3n) is 3.41. The van der Waals surface area contributed by atoms with Crippen LogP contribution in [0.25, 0.3) is 0 Å². The van der Waals surface area contributed by atoms with Crippen molar-refractivity contribution in [1.29, 1.82) is 0 Å². The van der Waals surface area contributed by atoms with Gasteiger partial charge in [-0.05, 0) is 31.4 Å². The molecule has 0 N–H and O–H groups in total. The fraction of sp³-hybridized carbons (Fsp3) is 0.692. The van der Waals surface area contributed by atoms with Crippen LogP contribution in [0.2, 0.25) is 0 Å². The van der Waals surface area contributed by atoms with E-state index in [4.69, 9.17) is 0 Å². The summed E-state index contributed by atoms with van der Waals surface area (Å²) in [7, 11) is 0. The van der Waals surface area contributed by atoms with Crippen LogP contribution in [-0.2, 0) is 0 Å². The van der Waals surface area contributed by atoms with Gasteiger partial charge in [0.05, 0.1) is 6.20 Å². The number of hydrogen-bond donors (Lipinski definition) is 0. The Morgan fingerprint density at radius 2 is 2.12 bits per heavy atom. The van der Waals surface area contributed by atoms with Crippen molar-refractivity contribution in [2.24, 2.45) is 0 Å².